The molecule has 0 amide bonds. The van der Waals surface area contributed by atoms with Crippen LogP contribution in [0.15, 0.2) is 4.49 Å². The van der Waals surface area contributed by atoms with Gasteiger partial charge in [0.15, 0.2) is 5.82 Å². The molecule has 0 atom stereocenters. The predicted octanol–water partition coefficient (Wildman–Crippen LogP) is 2.56. The summed E-state index contributed by atoms with van der Waals surface area (Å²) in [6.45, 7) is 2.70. The van der Waals surface area contributed by atoms with Gasteiger partial charge in [0.1, 0.15) is 4.49 Å². The van der Waals surface area contributed by atoms with Gasteiger partial charge in [-0.1, -0.05) is 36.5 Å². The molecule has 1 N–H and O–H groups in total. The van der Waals surface area contributed by atoms with Gasteiger partial charge in [0.05, 0.1) is 0 Å². The molecule has 0 unspecified atom stereocenters. The topological polar surface area (TPSA) is 50.9 Å². The van der Waals surface area contributed by atoms with E-state index in [1.54, 1.807) is 0 Å². The van der Waals surface area contributed by atoms with E-state index >= 15 is 0 Å². The molecule has 0 aromatic carbocycles. The van der Waals surface area contributed by atoms with Crippen molar-refractivity contribution in [3.05, 3.63) is 10.3 Å². The fraction of sp³-hybridized carbons (Fsp3) is 0.500. The van der Waals surface area contributed by atoms with Gasteiger partial charge in [-0.2, -0.15) is 4.98 Å². The largest absolute Gasteiger partial charge is 0.479 e. The third-order valence-corrected chi connectivity index (χ3v) is 1.85. The van der Waals surface area contributed by atoms with Crippen LogP contribution in [-0.2, 0) is 6.54 Å². The molecule has 1 aromatic heterocycles. The maximum Gasteiger partial charge on any atom is 0.312 e. The van der Waals surface area contributed by atoms with Crippen molar-refractivity contribution in [2.75, 3.05) is 0 Å². The average molecular weight is 236 g/mol. The summed E-state index contributed by atoms with van der Waals surface area (Å²) < 4.78 is 1.49. The normalized spacial score (nSPS) is 10.2. The van der Waals surface area contributed by atoms with E-state index < -0.39 is 0 Å². The van der Waals surface area contributed by atoms with Crippen molar-refractivity contribution in [3.63, 3.8) is 0 Å². The fourth-order valence-electron chi connectivity index (χ4n) is 0.968. The zero-order valence-electron chi connectivity index (χ0n) is 7.74. The molecule has 14 heavy (non-hydrogen) atoms. The fourth-order valence-corrected chi connectivity index (χ4v) is 1.16. The van der Waals surface area contributed by atoms with Crippen LogP contribution in [-0.4, -0.2) is 19.9 Å². The van der Waals surface area contributed by atoms with Crippen molar-refractivity contribution < 1.29 is 5.11 Å². The van der Waals surface area contributed by atoms with Gasteiger partial charge in [-0.25, -0.2) is 4.68 Å². The molecule has 4 nitrogen and oxygen atoms in total. The molecule has 0 spiro atoms. The molecule has 0 radical (unpaired) electrons. The number of rotatable bonds is 4. The summed E-state index contributed by atoms with van der Waals surface area (Å²) in [6.07, 6.45) is 3.35. The second-order valence-corrected chi connectivity index (χ2v) is 3.79. The van der Waals surface area contributed by atoms with Crippen LogP contribution in [0.5, 0.6) is 6.01 Å². The lowest BCUT2D eigenvalue weighted by Crippen LogP contribution is -1.99. The Kier molecular flexibility index (Phi) is 4.22. The van der Waals surface area contributed by atoms with Crippen molar-refractivity contribution in [1.82, 2.24) is 14.8 Å². The van der Waals surface area contributed by atoms with Crippen LogP contribution in [0, 0.1) is 0 Å². The summed E-state index contributed by atoms with van der Waals surface area (Å²) in [5.41, 5.74) is 0. The number of unbranched alkanes of at least 4 members (excludes halogenated alkanes) is 1. The number of nitrogens with zero attached hydrogens (tertiary/aromatic N) is 3. The molecule has 0 aliphatic rings. The number of halogens is 2. The standard InChI is InChI=1S/C8H11Cl2N3O/c1-2-3-4-13-8(14)11-7(12-13)5-6(9)10/h5H,2-4H2,1H3,(H,11,12,14). The van der Waals surface area contributed by atoms with Gasteiger partial charge in [-0.15, -0.1) is 5.10 Å². The predicted molar refractivity (Wildman–Crippen MR) is 56.3 cm³/mol. The molecule has 0 saturated carbocycles. The van der Waals surface area contributed by atoms with Crippen LogP contribution in [0.2, 0.25) is 0 Å². The zero-order chi connectivity index (χ0) is 10.6. The summed E-state index contributed by atoms with van der Waals surface area (Å²) in [5.74, 6) is 0.318. The number of aromatic hydroxyl groups is 1. The minimum atomic E-state index is -0.112. The van der Waals surface area contributed by atoms with Crippen LogP contribution in [0.3, 0.4) is 0 Å². The number of hydrogen-bond acceptors (Lipinski definition) is 3. The van der Waals surface area contributed by atoms with Gasteiger partial charge in [0, 0.05) is 12.6 Å². The maximum atomic E-state index is 9.34. The van der Waals surface area contributed by atoms with Crippen molar-refractivity contribution in [3.8, 4) is 6.01 Å². The SMILES string of the molecule is CCCCn1nc(C=C(Cl)Cl)nc1O. The molecular weight excluding hydrogens is 225 g/mol. The number of aryl methyl sites for hydroxylation is 1. The maximum absolute atomic E-state index is 9.34. The Balaban J connectivity index is 2.77. The van der Waals surface area contributed by atoms with Crippen molar-refractivity contribution >= 4 is 29.3 Å². The minimum absolute atomic E-state index is 0.0673. The lowest BCUT2D eigenvalue weighted by molar-refractivity contribution is 0.379. The Morgan fingerprint density at radius 3 is 2.86 bits per heavy atom. The average Bonchev–Trinajstić information content (AvgIpc) is 2.41. The van der Waals surface area contributed by atoms with Gasteiger partial charge in [0.2, 0.25) is 0 Å². The quantitative estimate of drug-likeness (QED) is 0.873. The van der Waals surface area contributed by atoms with Gasteiger partial charge in [-0.05, 0) is 6.42 Å². The van der Waals surface area contributed by atoms with E-state index in [4.69, 9.17) is 23.2 Å². The second kappa shape index (κ2) is 5.22. The number of hydrogen-bond donors (Lipinski definition) is 1. The van der Waals surface area contributed by atoms with Crippen molar-refractivity contribution in [1.29, 1.82) is 0 Å². The van der Waals surface area contributed by atoms with E-state index in [0.717, 1.165) is 12.8 Å². The Labute approximate surface area is 92.2 Å². The summed E-state index contributed by atoms with van der Waals surface area (Å²) in [5, 5.41) is 13.3. The molecular formula is C8H11Cl2N3O. The van der Waals surface area contributed by atoms with Gasteiger partial charge in [-0.3, -0.25) is 0 Å². The molecule has 0 aliphatic carbocycles. The highest BCUT2D eigenvalue weighted by Crippen LogP contribution is 2.14. The van der Waals surface area contributed by atoms with E-state index in [1.165, 1.54) is 10.8 Å². The summed E-state index contributed by atoms with van der Waals surface area (Å²) in [6, 6.07) is -0.112. The van der Waals surface area contributed by atoms with E-state index in [0.29, 0.717) is 12.4 Å². The molecule has 78 valence electrons. The summed E-state index contributed by atoms with van der Waals surface area (Å²) in [4.78, 5) is 3.77. The monoisotopic (exact) mass is 235 g/mol. The molecule has 1 aromatic rings. The Hall–Kier alpha value is -0.740. The van der Waals surface area contributed by atoms with Crippen LogP contribution in [0.25, 0.3) is 6.08 Å². The Morgan fingerprint density at radius 2 is 2.29 bits per heavy atom. The summed E-state index contributed by atoms with van der Waals surface area (Å²) in [7, 11) is 0. The molecule has 1 heterocycles. The first-order valence-electron chi connectivity index (χ1n) is 4.30. The molecule has 0 saturated heterocycles. The second-order valence-electron chi connectivity index (χ2n) is 2.78. The molecule has 6 heteroatoms. The number of aromatic nitrogens is 3. The molecule has 1 rings (SSSR count). The smallest absolute Gasteiger partial charge is 0.312 e. The van der Waals surface area contributed by atoms with Gasteiger partial charge in [0.25, 0.3) is 0 Å². The first-order chi connectivity index (χ1) is 6.63. The van der Waals surface area contributed by atoms with Crippen molar-refractivity contribution in [2.24, 2.45) is 0 Å². The van der Waals surface area contributed by atoms with E-state index in [2.05, 4.69) is 17.0 Å². The summed E-state index contributed by atoms with van der Waals surface area (Å²) >= 11 is 10.9. The first kappa shape index (κ1) is 11.3. The Bertz CT molecular complexity index is 331. The van der Waals surface area contributed by atoms with Crippen LogP contribution >= 0.6 is 23.2 Å². The van der Waals surface area contributed by atoms with Crippen molar-refractivity contribution in [2.45, 2.75) is 26.3 Å². The van der Waals surface area contributed by atoms with Crippen LogP contribution in [0.1, 0.15) is 25.6 Å². The minimum Gasteiger partial charge on any atom is -0.479 e. The third-order valence-electron chi connectivity index (χ3n) is 1.63. The lowest BCUT2D eigenvalue weighted by Gasteiger charge is -1.97. The Morgan fingerprint density at radius 1 is 1.57 bits per heavy atom. The van der Waals surface area contributed by atoms with Crippen LogP contribution in [0.4, 0.5) is 0 Å². The van der Waals surface area contributed by atoms with E-state index in [-0.39, 0.29) is 10.5 Å². The van der Waals surface area contributed by atoms with Gasteiger partial charge < -0.3 is 5.11 Å². The van der Waals surface area contributed by atoms with Gasteiger partial charge >= 0.3 is 6.01 Å². The van der Waals surface area contributed by atoms with E-state index in [9.17, 15) is 5.11 Å². The highest BCUT2D eigenvalue weighted by molar-refractivity contribution is 6.57. The molecule has 0 aliphatic heterocycles. The zero-order valence-corrected chi connectivity index (χ0v) is 9.26. The molecule has 0 fully saturated rings. The third kappa shape index (κ3) is 3.20. The van der Waals surface area contributed by atoms with E-state index in [1.807, 2.05) is 0 Å². The van der Waals surface area contributed by atoms with Crippen LogP contribution < -0.4 is 0 Å². The first-order valence-corrected chi connectivity index (χ1v) is 5.05. The highest BCUT2D eigenvalue weighted by atomic mass is 35.5. The lowest BCUT2D eigenvalue weighted by atomic mass is 10.3. The molecule has 0 bridgehead atoms. The highest BCUT2D eigenvalue weighted by Gasteiger charge is 2.05.